The fraction of sp³-hybridized carbons (Fsp3) is 0.433. The Kier molecular flexibility index (Phi) is 7.34. The molecule has 214 valence electrons. The number of likely N-dealkylation sites (tertiary alicyclic amines) is 1. The number of halogens is 3. The zero-order valence-electron chi connectivity index (χ0n) is 22.6. The van der Waals surface area contributed by atoms with E-state index in [0.717, 1.165) is 37.3 Å². The van der Waals surface area contributed by atoms with E-state index in [-0.39, 0.29) is 37.3 Å². The molecule has 3 aliphatic heterocycles. The number of hydrogen-bond acceptors (Lipinski definition) is 8. The van der Waals surface area contributed by atoms with Crippen LogP contribution < -0.4 is 15.5 Å². The first-order valence-corrected chi connectivity index (χ1v) is 13.9. The van der Waals surface area contributed by atoms with Crippen molar-refractivity contribution in [3.8, 4) is 28.8 Å². The van der Waals surface area contributed by atoms with E-state index in [2.05, 4.69) is 36.8 Å². The Labute approximate surface area is 237 Å². The molecule has 3 unspecified atom stereocenters. The Morgan fingerprint density at radius 1 is 1.05 bits per heavy atom. The summed E-state index contributed by atoms with van der Waals surface area (Å²) in [5.41, 5.74) is 9.87. The second-order valence-corrected chi connectivity index (χ2v) is 11.0. The molecule has 11 heteroatoms. The molecule has 3 fully saturated rings. The smallest absolute Gasteiger partial charge is 0.280 e. The number of para-hydroxylation sites is 1. The molecule has 5 heterocycles. The van der Waals surface area contributed by atoms with Crippen molar-refractivity contribution in [1.82, 2.24) is 20.1 Å². The number of phenolic OH excluding ortho intramolecular Hbond substituents is 1. The maximum absolute atomic E-state index is 13.9. The third-order valence-electron chi connectivity index (χ3n) is 8.23. The molecule has 3 atom stereocenters. The van der Waals surface area contributed by atoms with Crippen LogP contribution in [0.25, 0.3) is 11.3 Å². The van der Waals surface area contributed by atoms with Gasteiger partial charge >= 0.3 is 0 Å². The lowest BCUT2D eigenvalue weighted by Crippen LogP contribution is -2.54. The zero-order chi connectivity index (χ0) is 28.6. The lowest BCUT2D eigenvalue weighted by atomic mass is 10.1. The number of nitrogen functional groups attached to an aromatic ring is 1. The average Bonchev–Trinajstić information content (AvgIpc) is 3.14. The van der Waals surface area contributed by atoms with E-state index in [1.807, 2.05) is 24.3 Å². The Balaban J connectivity index is 1.15. The van der Waals surface area contributed by atoms with Crippen molar-refractivity contribution in [1.29, 1.82) is 0 Å². The van der Waals surface area contributed by atoms with Crippen molar-refractivity contribution in [2.75, 3.05) is 48.3 Å². The van der Waals surface area contributed by atoms with Crippen LogP contribution in [0, 0.1) is 11.8 Å². The van der Waals surface area contributed by atoms with Gasteiger partial charge in [-0.05, 0) is 62.1 Å². The van der Waals surface area contributed by atoms with Crippen LogP contribution in [0.1, 0.15) is 31.4 Å². The van der Waals surface area contributed by atoms with Crippen molar-refractivity contribution in [2.45, 2.75) is 49.9 Å². The minimum absolute atomic E-state index is 0.138. The first-order chi connectivity index (χ1) is 19.8. The first-order valence-electron chi connectivity index (χ1n) is 13.9. The number of anilines is 3. The molecule has 6 rings (SSSR count). The lowest BCUT2D eigenvalue weighted by Gasteiger charge is -2.43. The molecule has 3 N–H and O–H groups in total. The van der Waals surface area contributed by atoms with Crippen molar-refractivity contribution >= 4 is 17.2 Å². The Hall–Kier alpha value is -4.04. The number of phenols is 1. The number of aromatic nitrogens is 3. The normalized spacial score (nSPS) is 24.0. The van der Waals surface area contributed by atoms with Gasteiger partial charge in [0.05, 0.1) is 17.9 Å². The standard InChI is InChI=1S/C30H32F3N7O/c31-28-19-38(14-4-11-30(28,32)33)13-3-5-20-15-21(10-12-35-20)40-22-8-9-23(40)18-39(17-22)26-16-25(36-37-29(26)34)24-6-1-2-7-27(24)41/h1-2,6-7,10,12,15-16,22-23,28,41H,4,8-9,11,13-14,17-19H2,(H2,34,37). The highest BCUT2D eigenvalue weighted by Crippen LogP contribution is 2.39. The SMILES string of the molecule is Nc1nnc(-c2ccccc2O)cc1N1CC2CCC(C1)N2c1ccnc(C#CCN2CCCC(F)(F)C(F)C2)c1. The van der Waals surface area contributed by atoms with Crippen molar-refractivity contribution in [2.24, 2.45) is 0 Å². The molecule has 3 aromatic rings. The quantitative estimate of drug-likeness (QED) is 0.459. The average molecular weight is 564 g/mol. The van der Waals surface area contributed by atoms with E-state index in [4.69, 9.17) is 5.73 Å². The number of benzene rings is 1. The highest BCUT2D eigenvalue weighted by Gasteiger charge is 2.42. The van der Waals surface area contributed by atoms with Crippen LogP contribution in [-0.2, 0) is 0 Å². The van der Waals surface area contributed by atoms with Gasteiger partial charge in [-0.15, -0.1) is 10.2 Å². The van der Waals surface area contributed by atoms with Crippen LogP contribution in [0.5, 0.6) is 5.75 Å². The van der Waals surface area contributed by atoms with Gasteiger partial charge in [-0.2, -0.15) is 0 Å². The largest absolute Gasteiger partial charge is 0.507 e. The van der Waals surface area contributed by atoms with Gasteiger partial charge in [-0.25, -0.2) is 18.2 Å². The molecule has 1 aromatic carbocycles. The number of rotatable bonds is 4. The van der Waals surface area contributed by atoms with Crippen molar-refractivity contribution < 1.29 is 18.3 Å². The molecular formula is C30H32F3N7O. The number of nitrogens with zero attached hydrogens (tertiary/aromatic N) is 6. The van der Waals surface area contributed by atoms with Crippen LogP contribution in [0.4, 0.5) is 30.4 Å². The number of pyridine rings is 1. The van der Waals surface area contributed by atoms with Crippen molar-refractivity contribution in [3.63, 3.8) is 0 Å². The molecule has 0 spiro atoms. The molecule has 2 bridgehead atoms. The molecule has 0 radical (unpaired) electrons. The lowest BCUT2D eigenvalue weighted by molar-refractivity contribution is -0.0761. The van der Waals surface area contributed by atoms with Crippen LogP contribution in [0.3, 0.4) is 0 Å². The van der Waals surface area contributed by atoms with Crippen molar-refractivity contribution in [3.05, 3.63) is 54.4 Å². The summed E-state index contributed by atoms with van der Waals surface area (Å²) in [5, 5.41) is 18.7. The fourth-order valence-electron chi connectivity index (χ4n) is 6.17. The van der Waals surface area contributed by atoms with Gasteiger partial charge in [0.15, 0.2) is 12.0 Å². The third-order valence-corrected chi connectivity index (χ3v) is 8.23. The number of nitrogens with two attached hydrogens (primary N) is 1. The highest BCUT2D eigenvalue weighted by molar-refractivity contribution is 5.74. The summed E-state index contributed by atoms with van der Waals surface area (Å²) in [4.78, 5) is 10.7. The summed E-state index contributed by atoms with van der Waals surface area (Å²) >= 11 is 0. The molecule has 2 aromatic heterocycles. The fourth-order valence-corrected chi connectivity index (χ4v) is 6.17. The van der Waals surface area contributed by atoms with Gasteiger partial charge < -0.3 is 20.6 Å². The second kappa shape index (κ2) is 11.1. The van der Waals surface area contributed by atoms with E-state index in [1.165, 1.54) is 0 Å². The molecule has 0 aliphatic carbocycles. The Morgan fingerprint density at radius 2 is 1.83 bits per heavy atom. The molecular weight excluding hydrogens is 531 g/mol. The number of aromatic hydroxyl groups is 1. The number of alkyl halides is 3. The van der Waals surface area contributed by atoms with Gasteiger partial charge in [0, 0.05) is 55.6 Å². The molecule has 0 amide bonds. The van der Waals surface area contributed by atoms with Crippen LogP contribution in [0.2, 0.25) is 0 Å². The van der Waals surface area contributed by atoms with Crippen LogP contribution in [-0.4, -0.2) is 82.1 Å². The molecule has 41 heavy (non-hydrogen) atoms. The minimum atomic E-state index is -3.27. The maximum Gasteiger partial charge on any atom is 0.280 e. The molecule has 8 nitrogen and oxygen atoms in total. The number of piperazine rings is 1. The van der Waals surface area contributed by atoms with Crippen LogP contribution in [0.15, 0.2) is 48.7 Å². The van der Waals surface area contributed by atoms with E-state index in [0.29, 0.717) is 29.3 Å². The van der Waals surface area contributed by atoms with E-state index in [9.17, 15) is 18.3 Å². The first kappa shape index (κ1) is 27.1. The van der Waals surface area contributed by atoms with Gasteiger partial charge in [0.2, 0.25) is 0 Å². The molecule has 3 aliphatic rings. The predicted octanol–water partition coefficient (Wildman–Crippen LogP) is 4.10. The van der Waals surface area contributed by atoms with Gasteiger partial charge in [0.25, 0.3) is 5.92 Å². The summed E-state index contributed by atoms with van der Waals surface area (Å²) < 4.78 is 41.3. The predicted molar refractivity (Wildman–Crippen MR) is 152 cm³/mol. The van der Waals surface area contributed by atoms with Gasteiger partial charge in [0.1, 0.15) is 11.4 Å². The summed E-state index contributed by atoms with van der Waals surface area (Å²) in [5.74, 6) is 3.27. The third kappa shape index (κ3) is 5.61. The Morgan fingerprint density at radius 3 is 2.61 bits per heavy atom. The Bertz CT molecular complexity index is 1460. The van der Waals surface area contributed by atoms with E-state index in [1.54, 1.807) is 29.3 Å². The summed E-state index contributed by atoms with van der Waals surface area (Å²) in [6, 6.07) is 13.4. The maximum atomic E-state index is 13.9. The minimum Gasteiger partial charge on any atom is -0.507 e. The van der Waals surface area contributed by atoms with Crippen LogP contribution >= 0.6 is 0 Å². The van der Waals surface area contributed by atoms with Gasteiger partial charge in [-0.1, -0.05) is 18.1 Å². The molecule has 0 saturated carbocycles. The van der Waals surface area contributed by atoms with E-state index >= 15 is 0 Å². The monoisotopic (exact) mass is 563 g/mol. The number of hydrogen-bond donors (Lipinski definition) is 2. The summed E-state index contributed by atoms with van der Waals surface area (Å²) in [7, 11) is 0. The summed E-state index contributed by atoms with van der Waals surface area (Å²) in [6.45, 7) is 1.81. The van der Waals surface area contributed by atoms with Gasteiger partial charge in [-0.3, -0.25) is 4.90 Å². The summed E-state index contributed by atoms with van der Waals surface area (Å²) in [6.07, 6.45) is 1.43. The number of fused-ring (bicyclic) bond motifs is 2. The zero-order valence-corrected chi connectivity index (χ0v) is 22.6. The second-order valence-electron chi connectivity index (χ2n) is 11.0. The van der Waals surface area contributed by atoms with E-state index < -0.39 is 18.5 Å². The molecule has 3 saturated heterocycles. The topological polar surface area (TPSA) is 94.6 Å². The highest BCUT2D eigenvalue weighted by atomic mass is 19.3.